The molecule has 1 amide bonds. The second-order valence-electron chi connectivity index (χ2n) is 9.70. The summed E-state index contributed by atoms with van der Waals surface area (Å²) in [6, 6.07) is 11.1. The number of rotatable bonds is 3. The number of nitrogens with two attached hydrogens (primary N) is 2. The van der Waals surface area contributed by atoms with E-state index in [1.165, 1.54) is 6.92 Å². The van der Waals surface area contributed by atoms with Crippen LogP contribution in [0.3, 0.4) is 0 Å². The summed E-state index contributed by atoms with van der Waals surface area (Å²) in [4.78, 5) is 38.5. The Balaban J connectivity index is 1.77. The summed E-state index contributed by atoms with van der Waals surface area (Å²) < 4.78 is 0. The van der Waals surface area contributed by atoms with Crippen molar-refractivity contribution in [3.8, 4) is 16.9 Å². The van der Waals surface area contributed by atoms with Crippen LogP contribution in [0.5, 0.6) is 5.75 Å². The van der Waals surface area contributed by atoms with Gasteiger partial charge >= 0.3 is 0 Å². The van der Waals surface area contributed by atoms with Gasteiger partial charge in [0, 0.05) is 29.5 Å². The lowest BCUT2D eigenvalue weighted by Gasteiger charge is -2.48. The Morgan fingerprint density at radius 3 is 2.42 bits per heavy atom. The van der Waals surface area contributed by atoms with E-state index in [0.717, 1.165) is 11.1 Å². The van der Waals surface area contributed by atoms with Crippen molar-refractivity contribution in [1.29, 1.82) is 0 Å². The minimum absolute atomic E-state index is 0.0317. The highest BCUT2D eigenvalue weighted by Gasteiger charge is 2.62. The predicted molar refractivity (Wildman–Crippen MR) is 129 cm³/mol. The number of carbonyl (C=O) groups is 3. The number of carbonyl (C=O) groups excluding carboxylic acids is 3. The molecule has 1 saturated carbocycles. The first-order valence-electron chi connectivity index (χ1n) is 11.7. The monoisotopic (exact) mass is 490 g/mol. The van der Waals surface area contributed by atoms with Gasteiger partial charge in [-0.3, -0.25) is 14.4 Å². The average Bonchev–Trinajstić information content (AvgIpc) is 2.85. The van der Waals surface area contributed by atoms with E-state index in [2.05, 4.69) is 0 Å². The number of hydrogen-bond acceptors (Lipinski definition) is 8. The van der Waals surface area contributed by atoms with E-state index in [-0.39, 0.29) is 36.3 Å². The van der Waals surface area contributed by atoms with Crippen LogP contribution in [0.25, 0.3) is 16.9 Å². The second-order valence-corrected chi connectivity index (χ2v) is 9.70. The van der Waals surface area contributed by atoms with Crippen LogP contribution in [0.2, 0.25) is 0 Å². The SMILES string of the molecule is CC1C(=O)C(C(N)=O)=C(O)[C@@]2(O)C(=O)C3=C(O)c4c(O)c(CN)cc(-c5ccccc5)c4C[C@H]3C[C@@H]12. The van der Waals surface area contributed by atoms with Crippen LogP contribution in [0.1, 0.15) is 30.0 Å². The van der Waals surface area contributed by atoms with Crippen LogP contribution in [0, 0.1) is 17.8 Å². The Kier molecular flexibility index (Phi) is 5.31. The number of ketones is 2. The maximum atomic E-state index is 13.8. The number of Topliss-reactive ketones (excluding diaryl/α,β-unsaturated/α-hetero) is 2. The molecule has 9 nitrogen and oxygen atoms in total. The number of fused-ring (bicyclic) bond motifs is 3. The summed E-state index contributed by atoms with van der Waals surface area (Å²) in [5, 5.41) is 44.6. The van der Waals surface area contributed by atoms with Crippen molar-refractivity contribution in [1.82, 2.24) is 0 Å². The van der Waals surface area contributed by atoms with E-state index in [1.807, 2.05) is 30.3 Å². The minimum Gasteiger partial charge on any atom is -0.508 e. The lowest BCUT2D eigenvalue weighted by Crippen LogP contribution is -2.61. The highest BCUT2D eigenvalue weighted by atomic mass is 16.3. The predicted octanol–water partition coefficient (Wildman–Crippen LogP) is 1.80. The van der Waals surface area contributed by atoms with Crippen LogP contribution in [0.4, 0.5) is 0 Å². The molecule has 5 rings (SSSR count). The van der Waals surface area contributed by atoms with Gasteiger partial charge in [0.1, 0.15) is 22.8 Å². The first-order valence-corrected chi connectivity index (χ1v) is 11.7. The maximum absolute atomic E-state index is 13.8. The van der Waals surface area contributed by atoms with E-state index >= 15 is 0 Å². The van der Waals surface area contributed by atoms with Gasteiger partial charge < -0.3 is 31.9 Å². The summed E-state index contributed by atoms with van der Waals surface area (Å²) in [6.45, 7) is 1.44. The van der Waals surface area contributed by atoms with E-state index in [1.54, 1.807) is 6.07 Å². The number of benzene rings is 2. The molecular formula is C27H26N2O7. The molecule has 3 aliphatic carbocycles. The topological polar surface area (TPSA) is 184 Å². The fraction of sp³-hybridized carbons (Fsp3) is 0.296. The lowest BCUT2D eigenvalue weighted by molar-refractivity contribution is -0.152. The van der Waals surface area contributed by atoms with Crippen molar-refractivity contribution in [3.63, 3.8) is 0 Å². The molecule has 2 aromatic rings. The molecule has 2 aromatic carbocycles. The molecule has 36 heavy (non-hydrogen) atoms. The largest absolute Gasteiger partial charge is 0.508 e. The van der Waals surface area contributed by atoms with Crippen molar-refractivity contribution in [2.24, 2.45) is 29.2 Å². The van der Waals surface area contributed by atoms with E-state index < -0.39 is 57.9 Å². The number of aromatic hydroxyl groups is 1. The van der Waals surface area contributed by atoms with E-state index in [0.29, 0.717) is 11.1 Å². The van der Waals surface area contributed by atoms with Gasteiger partial charge in [0.25, 0.3) is 5.91 Å². The zero-order valence-electron chi connectivity index (χ0n) is 19.5. The Morgan fingerprint density at radius 2 is 1.81 bits per heavy atom. The Bertz CT molecular complexity index is 1410. The van der Waals surface area contributed by atoms with E-state index in [9.17, 15) is 34.8 Å². The van der Waals surface area contributed by atoms with Gasteiger partial charge in [-0.2, -0.15) is 0 Å². The van der Waals surface area contributed by atoms with Gasteiger partial charge in [-0.1, -0.05) is 37.3 Å². The van der Waals surface area contributed by atoms with Gasteiger partial charge in [-0.15, -0.1) is 0 Å². The van der Waals surface area contributed by atoms with Crippen molar-refractivity contribution < 1.29 is 34.8 Å². The molecule has 0 aliphatic heterocycles. The third kappa shape index (κ3) is 2.99. The number of phenolic OH excluding ortho intramolecular Hbond substituents is 1. The van der Waals surface area contributed by atoms with Crippen LogP contribution in [-0.2, 0) is 27.3 Å². The fourth-order valence-electron chi connectivity index (χ4n) is 6.09. The van der Waals surface area contributed by atoms with Crippen LogP contribution in [0.15, 0.2) is 53.3 Å². The summed E-state index contributed by atoms with van der Waals surface area (Å²) >= 11 is 0. The smallest absolute Gasteiger partial charge is 0.255 e. The molecule has 0 spiro atoms. The molecule has 0 heterocycles. The summed E-state index contributed by atoms with van der Waals surface area (Å²) in [5.41, 5.74) is 10.1. The van der Waals surface area contributed by atoms with Crippen LogP contribution >= 0.6 is 0 Å². The van der Waals surface area contributed by atoms with Crippen molar-refractivity contribution in [2.75, 3.05) is 0 Å². The Hall–Kier alpha value is -3.95. The molecule has 1 unspecified atom stereocenters. The van der Waals surface area contributed by atoms with Gasteiger partial charge in [0.05, 0.1) is 5.56 Å². The maximum Gasteiger partial charge on any atom is 0.255 e. The molecule has 0 bridgehead atoms. The lowest BCUT2D eigenvalue weighted by atomic mass is 9.56. The molecule has 9 heteroatoms. The van der Waals surface area contributed by atoms with Crippen LogP contribution < -0.4 is 11.5 Å². The highest BCUT2D eigenvalue weighted by molar-refractivity contribution is 6.23. The average molecular weight is 491 g/mol. The normalized spacial score (nSPS) is 27.5. The number of hydrogen-bond donors (Lipinski definition) is 6. The summed E-state index contributed by atoms with van der Waals surface area (Å²) in [5.74, 6) is -7.56. The number of phenols is 1. The van der Waals surface area contributed by atoms with Crippen LogP contribution in [-0.4, -0.2) is 43.5 Å². The first-order chi connectivity index (χ1) is 17.0. The molecule has 0 radical (unpaired) electrons. The van der Waals surface area contributed by atoms with Gasteiger partial charge in [-0.05, 0) is 41.5 Å². The summed E-state index contributed by atoms with van der Waals surface area (Å²) in [7, 11) is 0. The minimum atomic E-state index is -2.61. The number of primary amides is 1. The highest BCUT2D eigenvalue weighted by Crippen LogP contribution is 2.54. The quantitative estimate of drug-likeness (QED) is 0.352. The third-order valence-electron chi connectivity index (χ3n) is 7.92. The van der Waals surface area contributed by atoms with Crippen molar-refractivity contribution >= 4 is 23.2 Å². The molecule has 186 valence electrons. The zero-order valence-corrected chi connectivity index (χ0v) is 19.5. The molecule has 0 saturated heterocycles. The van der Waals surface area contributed by atoms with Gasteiger partial charge in [0.2, 0.25) is 5.78 Å². The molecule has 0 aromatic heterocycles. The number of amides is 1. The number of aliphatic hydroxyl groups is 3. The van der Waals surface area contributed by atoms with Gasteiger partial charge in [0.15, 0.2) is 11.4 Å². The van der Waals surface area contributed by atoms with Crippen molar-refractivity contribution in [2.45, 2.75) is 31.9 Å². The summed E-state index contributed by atoms with van der Waals surface area (Å²) in [6.07, 6.45) is 0.293. The Morgan fingerprint density at radius 1 is 1.14 bits per heavy atom. The molecular weight excluding hydrogens is 464 g/mol. The Labute approximate surface area is 206 Å². The standard InChI is InChI=1S/C27H26N2O7/c1-11-17-9-13-7-16-15(12-5-3-2-4-6-12)8-14(10-28)22(31)19(16)23(32)18(13)24(33)27(17,36)25(34)20(21(11)30)26(29)35/h2-6,8,11,13,17,31-32,34,36H,7,9-10,28H2,1H3,(H2,29,35)/t11?,13-,17-,27-/m0/s1. The first kappa shape index (κ1) is 23.8. The van der Waals surface area contributed by atoms with Crippen molar-refractivity contribution in [3.05, 3.63) is 70.0 Å². The molecule has 4 atom stereocenters. The third-order valence-corrected chi connectivity index (χ3v) is 7.92. The molecule has 8 N–H and O–H groups in total. The fourth-order valence-corrected chi connectivity index (χ4v) is 6.09. The number of aliphatic hydroxyl groups excluding tert-OH is 2. The zero-order chi connectivity index (χ0) is 26.1. The molecule has 1 fully saturated rings. The second kappa shape index (κ2) is 8.04. The van der Waals surface area contributed by atoms with Gasteiger partial charge in [-0.25, -0.2) is 0 Å². The van der Waals surface area contributed by atoms with E-state index in [4.69, 9.17) is 11.5 Å². The molecule has 3 aliphatic rings.